The van der Waals surface area contributed by atoms with Gasteiger partial charge in [0.25, 0.3) is 0 Å². The second-order valence-electron chi connectivity index (χ2n) is 6.14. The van der Waals surface area contributed by atoms with Crippen LogP contribution in [0.4, 0.5) is 13.2 Å². The highest BCUT2D eigenvalue weighted by Crippen LogP contribution is 2.17. The maximum atomic E-state index is 12.1. The molecule has 1 aromatic rings. The highest BCUT2D eigenvalue weighted by molar-refractivity contribution is 14.0. The maximum absolute atomic E-state index is 12.1. The number of nitrogens with zero attached hydrogens (tertiary/aromatic N) is 3. The van der Waals surface area contributed by atoms with Crippen molar-refractivity contribution in [2.75, 3.05) is 33.3 Å². The summed E-state index contributed by atoms with van der Waals surface area (Å²) in [5.74, 6) is 0.639. The van der Waals surface area contributed by atoms with Crippen LogP contribution in [0.25, 0.3) is 0 Å². The van der Waals surface area contributed by atoms with Crippen LogP contribution in [0.3, 0.4) is 0 Å². The number of hydrogen-bond acceptors (Lipinski definition) is 4. The van der Waals surface area contributed by atoms with E-state index in [1.54, 1.807) is 13.1 Å². The predicted octanol–water partition coefficient (Wildman–Crippen LogP) is 2.79. The lowest BCUT2D eigenvalue weighted by Crippen LogP contribution is -2.44. The predicted molar refractivity (Wildman–Crippen MR) is 110 cm³/mol. The minimum absolute atomic E-state index is 0. The van der Waals surface area contributed by atoms with Crippen LogP contribution in [0.1, 0.15) is 25.3 Å². The molecule has 1 aliphatic heterocycles. The summed E-state index contributed by atoms with van der Waals surface area (Å²) in [5, 5.41) is 6.50. The molecule has 6 nitrogen and oxygen atoms in total. The Kier molecular flexibility index (Phi) is 10.1. The molecule has 1 aromatic heterocycles. The second-order valence-corrected chi connectivity index (χ2v) is 6.14. The number of aromatic nitrogens is 1. The average molecular weight is 501 g/mol. The number of guanidine groups is 1. The summed E-state index contributed by atoms with van der Waals surface area (Å²) in [5.41, 5.74) is 0.823. The van der Waals surface area contributed by atoms with E-state index in [0.29, 0.717) is 18.5 Å². The third-order valence-corrected chi connectivity index (χ3v) is 4.28. The van der Waals surface area contributed by atoms with Gasteiger partial charge < -0.3 is 15.4 Å². The Balaban J connectivity index is 0.00000364. The molecule has 0 saturated carbocycles. The topological polar surface area (TPSA) is 61.8 Å². The van der Waals surface area contributed by atoms with Gasteiger partial charge in [-0.25, -0.2) is 4.98 Å². The van der Waals surface area contributed by atoms with E-state index in [9.17, 15) is 13.2 Å². The first kappa shape index (κ1) is 23.7. The molecule has 1 atom stereocenters. The monoisotopic (exact) mass is 501 g/mol. The molecule has 0 aromatic carbocycles. The molecule has 1 saturated heterocycles. The Morgan fingerprint density at radius 1 is 1.37 bits per heavy atom. The number of aliphatic imine (C=N–C) groups is 1. The number of likely N-dealkylation sites (tertiary alicyclic amines) is 1. The van der Waals surface area contributed by atoms with Gasteiger partial charge in [-0.15, -0.1) is 24.0 Å². The summed E-state index contributed by atoms with van der Waals surface area (Å²) in [6.07, 6.45) is -0.476. The van der Waals surface area contributed by atoms with Gasteiger partial charge in [-0.1, -0.05) is 13.0 Å². The van der Waals surface area contributed by atoms with Gasteiger partial charge in [0.05, 0.1) is 0 Å². The van der Waals surface area contributed by atoms with Crippen LogP contribution >= 0.6 is 24.0 Å². The summed E-state index contributed by atoms with van der Waals surface area (Å²) in [6, 6.07) is 3.62. The number of alkyl halides is 3. The highest BCUT2D eigenvalue weighted by atomic mass is 127. The first-order chi connectivity index (χ1) is 12.4. The lowest BCUT2D eigenvalue weighted by atomic mass is 10.2. The van der Waals surface area contributed by atoms with E-state index in [2.05, 4.69) is 37.2 Å². The van der Waals surface area contributed by atoms with Gasteiger partial charge >= 0.3 is 6.18 Å². The van der Waals surface area contributed by atoms with E-state index in [4.69, 9.17) is 0 Å². The zero-order valence-electron chi connectivity index (χ0n) is 15.6. The lowest BCUT2D eigenvalue weighted by molar-refractivity contribution is -0.154. The van der Waals surface area contributed by atoms with Crippen LogP contribution < -0.4 is 15.4 Å². The van der Waals surface area contributed by atoms with Crippen LogP contribution in [0, 0.1) is 0 Å². The first-order valence-corrected chi connectivity index (χ1v) is 8.74. The van der Waals surface area contributed by atoms with Crippen LogP contribution in [0.15, 0.2) is 23.3 Å². The molecular weight excluding hydrogens is 474 g/mol. The molecule has 0 amide bonds. The van der Waals surface area contributed by atoms with Crippen molar-refractivity contribution in [3.63, 3.8) is 0 Å². The molecule has 10 heteroatoms. The number of halogens is 4. The van der Waals surface area contributed by atoms with Gasteiger partial charge in [0.1, 0.15) is 0 Å². The molecule has 2 rings (SSSR count). The van der Waals surface area contributed by atoms with Crippen molar-refractivity contribution in [3.8, 4) is 5.88 Å². The zero-order valence-corrected chi connectivity index (χ0v) is 17.9. The second kappa shape index (κ2) is 11.5. The molecule has 27 heavy (non-hydrogen) atoms. The molecule has 0 aliphatic carbocycles. The normalized spacial score (nSPS) is 18.1. The Labute approximate surface area is 175 Å². The maximum Gasteiger partial charge on any atom is 0.422 e. The molecular formula is C17H27F3IN5O. The summed E-state index contributed by atoms with van der Waals surface area (Å²) >= 11 is 0. The number of hydrogen-bond donors (Lipinski definition) is 2. The largest absolute Gasteiger partial charge is 0.468 e. The number of nitrogens with one attached hydrogen (secondary N) is 2. The first-order valence-electron chi connectivity index (χ1n) is 8.74. The highest BCUT2D eigenvalue weighted by Gasteiger charge is 2.28. The van der Waals surface area contributed by atoms with Crippen LogP contribution in [0.2, 0.25) is 0 Å². The molecule has 1 unspecified atom stereocenters. The Bertz CT molecular complexity index is 583. The zero-order chi connectivity index (χ0) is 19.0. The van der Waals surface area contributed by atoms with Crippen LogP contribution in [0.5, 0.6) is 5.88 Å². The van der Waals surface area contributed by atoms with Gasteiger partial charge in [0.2, 0.25) is 5.88 Å². The van der Waals surface area contributed by atoms with E-state index in [1.165, 1.54) is 25.1 Å². The van der Waals surface area contributed by atoms with Crippen LogP contribution in [-0.4, -0.2) is 61.4 Å². The molecule has 0 radical (unpaired) electrons. The number of pyridine rings is 1. The standard InChI is InChI=1S/C17H26F3N5O.HI/c1-3-25-8-4-5-14(25)11-24-16(21-2)23-10-13-6-7-15(22-9-13)26-12-17(18,19)20;/h6-7,9,14H,3-5,8,10-12H2,1-2H3,(H2,21,23,24);1H. The fourth-order valence-electron chi connectivity index (χ4n) is 2.92. The van der Waals surface area contributed by atoms with Crippen LogP contribution in [-0.2, 0) is 6.54 Å². The minimum atomic E-state index is -4.37. The van der Waals surface area contributed by atoms with Gasteiger partial charge in [0, 0.05) is 38.4 Å². The van der Waals surface area contributed by atoms with E-state index >= 15 is 0 Å². The molecule has 0 bridgehead atoms. The SMILES string of the molecule is CCN1CCCC1CNC(=NC)NCc1ccc(OCC(F)(F)F)nc1.I. The fraction of sp³-hybridized carbons (Fsp3) is 0.647. The van der Waals surface area contributed by atoms with Crippen molar-refractivity contribution in [1.82, 2.24) is 20.5 Å². The van der Waals surface area contributed by atoms with Gasteiger partial charge in [-0.05, 0) is 31.5 Å². The van der Waals surface area contributed by atoms with Crippen molar-refractivity contribution in [2.45, 2.75) is 38.5 Å². The van der Waals surface area contributed by atoms with E-state index in [1.807, 2.05) is 0 Å². The molecule has 1 fully saturated rings. The summed E-state index contributed by atoms with van der Waals surface area (Å²) in [4.78, 5) is 10.5. The van der Waals surface area contributed by atoms with Crippen molar-refractivity contribution >= 4 is 29.9 Å². The number of likely N-dealkylation sites (N-methyl/N-ethyl adjacent to an activating group) is 1. The molecule has 2 N–H and O–H groups in total. The Morgan fingerprint density at radius 2 is 2.15 bits per heavy atom. The molecule has 0 spiro atoms. The Hall–Kier alpha value is -1.30. The van der Waals surface area contributed by atoms with Crippen molar-refractivity contribution in [3.05, 3.63) is 23.9 Å². The fourth-order valence-corrected chi connectivity index (χ4v) is 2.92. The summed E-state index contributed by atoms with van der Waals surface area (Å²) < 4.78 is 40.9. The number of ether oxygens (including phenoxy) is 1. The molecule has 2 heterocycles. The van der Waals surface area contributed by atoms with Crippen molar-refractivity contribution < 1.29 is 17.9 Å². The Morgan fingerprint density at radius 3 is 2.74 bits per heavy atom. The average Bonchev–Trinajstić information content (AvgIpc) is 3.08. The van der Waals surface area contributed by atoms with Gasteiger partial charge in [-0.2, -0.15) is 13.2 Å². The van der Waals surface area contributed by atoms with E-state index in [0.717, 1.165) is 25.2 Å². The van der Waals surface area contributed by atoms with Crippen molar-refractivity contribution in [1.29, 1.82) is 0 Å². The smallest absolute Gasteiger partial charge is 0.422 e. The van der Waals surface area contributed by atoms with Crippen molar-refractivity contribution in [2.24, 2.45) is 4.99 Å². The third kappa shape index (κ3) is 8.50. The van der Waals surface area contributed by atoms with E-state index < -0.39 is 12.8 Å². The molecule has 154 valence electrons. The lowest BCUT2D eigenvalue weighted by Gasteiger charge is -2.24. The molecule has 1 aliphatic rings. The third-order valence-electron chi connectivity index (χ3n) is 4.28. The van der Waals surface area contributed by atoms with Gasteiger partial charge in [-0.3, -0.25) is 9.89 Å². The van der Waals surface area contributed by atoms with Gasteiger partial charge in [0.15, 0.2) is 12.6 Å². The summed E-state index contributed by atoms with van der Waals surface area (Å²) in [7, 11) is 1.70. The van der Waals surface area contributed by atoms with E-state index in [-0.39, 0.29) is 29.9 Å². The number of rotatable bonds is 7. The summed E-state index contributed by atoms with van der Waals surface area (Å²) in [6.45, 7) is 4.31. The quantitative estimate of drug-likeness (QED) is 0.342. The minimum Gasteiger partial charge on any atom is -0.468 e.